The van der Waals surface area contributed by atoms with Crippen molar-refractivity contribution >= 4 is 0 Å². The highest BCUT2D eigenvalue weighted by Gasteiger charge is 2.61. The maximum Gasteiger partial charge on any atom is -0.00478 e. The van der Waals surface area contributed by atoms with Gasteiger partial charge in [-0.15, -0.1) is 0 Å². The molecule has 0 heterocycles. The minimum atomic E-state index is 0.382. The van der Waals surface area contributed by atoms with Gasteiger partial charge in [0.05, 0.1) is 0 Å². The van der Waals surface area contributed by atoms with Crippen LogP contribution in [-0.4, -0.2) is 0 Å². The molecule has 0 N–H and O–H groups in total. The summed E-state index contributed by atoms with van der Waals surface area (Å²) in [4.78, 5) is 0. The fraction of sp³-hybridized carbons (Fsp3) is 0.750. The van der Waals surface area contributed by atoms with Crippen LogP contribution in [0.2, 0.25) is 0 Å². The number of rotatable bonds is 0. The molecule has 0 radical (unpaired) electrons. The van der Waals surface area contributed by atoms with E-state index < -0.39 is 0 Å². The molecule has 0 aromatic heterocycles. The van der Waals surface area contributed by atoms with Crippen LogP contribution in [0.4, 0.5) is 0 Å². The lowest BCUT2D eigenvalue weighted by Crippen LogP contribution is -2.28. The predicted molar refractivity (Wildman–Crippen MR) is 69.1 cm³/mol. The Morgan fingerprint density at radius 3 is 2.62 bits per heavy atom. The van der Waals surface area contributed by atoms with Gasteiger partial charge in [0.25, 0.3) is 0 Å². The van der Waals surface area contributed by atoms with Crippen molar-refractivity contribution < 1.29 is 0 Å². The van der Waals surface area contributed by atoms with Crippen molar-refractivity contribution in [3.05, 3.63) is 23.8 Å². The van der Waals surface area contributed by atoms with Gasteiger partial charge < -0.3 is 0 Å². The van der Waals surface area contributed by atoms with Gasteiger partial charge in [0.2, 0.25) is 0 Å². The van der Waals surface area contributed by atoms with E-state index in [0.717, 1.165) is 17.8 Å². The van der Waals surface area contributed by atoms with Crippen LogP contribution in [0.1, 0.15) is 47.0 Å². The highest BCUT2D eigenvalue weighted by molar-refractivity contribution is 5.34. The molecule has 4 atom stereocenters. The Bertz CT molecular complexity index is 385. The lowest BCUT2D eigenvalue weighted by molar-refractivity contribution is 0.169. The van der Waals surface area contributed by atoms with Gasteiger partial charge in [0.15, 0.2) is 0 Å². The monoisotopic (exact) mass is 216 g/mol. The molecule has 0 spiro atoms. The maximum atomic E-state index is 4.47. The highest BCUT2D eigenvalue weighted by atomic mass is 14.6. The Morgan fingerprint density at radius 1 is 1.25 bits per heavy atom. The van der Waals surface area contributed by atoms with E-state index in [9.17, 15) is 0 Å². The van der Waals surface area contributed by atoms with E-state index in [1.54, 1.807) is 11.1 Å². The normalized spacial score (nSPS) is 49.1. The second-order valence-corrected chi connectivity index (χ2v) is 7.25. The van der Waals surface area contributed by atoms with E-state index in [4.69, 9.17) is 0 Å². The fourth-order valence-electron chi connectivity index (χ4n) is 5.41. The summed E-state index contributed by atoms with van der Waals surface area (Å²) in [6.45, 7) is 14.1. The lowest BCUT2D eigenvalue weighted by atomic mass is 9.68. The summed E-state index contributed by atoms with van der Waals surface area (Å²) in [5, 5.41) is 0. The van der Waals surface area contributed by atoms with Gasteiger partial charge >= 0.3 is 0 Å². The zero-order chi connectivity index (χ0) is 11.7. The average Bonchev–Trinajstić information content (AvgIpc) is 2.62. The molecule has 4 bridgehead atoms. The van der Waals surface area contributed by atoms with E-state index >= 15 is 0 Å². The van der Waals surface area contributed by atoms with E-state index in [1.807, 2.05) is 0 Å². The number of hydrogen-bond acceptors (Lipinski definition) is 0. The molecule has 2 saturated carbocycles. The molecule has 0 aromatic carbocycles. The molecule has 0 heteroatoms. The van der Waals surface area contributed by atoms with Crippen LogP contribution >= 0.6 is 0 Å². The largest absolute Gasteiger partial charge is 0.0990 e. The Morgan fingerprint density at radius 2 is 1.94 bits per heavy atom. The van der Waals surface area contributed by atoms with Crippen LogP contribution in [0.25, 0.3) is 0 Å². The summed E-state index contributed by atoms with van der Waals surface area (Å²) in [5.74, 6) is 2.57. The van der Waals surface area contributed by atoms with Gasteiger partial charge in [-0.2, -0.15) is 0 Å². The van der Waals surface area contributed by atoms with E-state index in [2.05, 4.69) is 40.3 Å². The molecule has 2 fully saturated rings. The summed E-state index contributed by atoms with van der Waals surface area (Å²) < 4.78 is 0. The van der Waals surface area contributed by atoms with Gasteiger partial charge in [0.1, 0.15) is 0 Å². The summed E-state index contributed by atoms with van der Waals surface area (Å²) in [6.07, 6.45) is 6.66. The van der Waals surface area contributed by atoms with Crippen molar-refractivity contribution in [2.24, 2.45) is 28.6 Å². The van der Waals surface area contributed by atoms with Gasteiger partial charge in [-0.25, -0.2) is 0 Å². The molecule has 3 aliphatic rings. The van der Waals surface area contributed by atoms with Crippen LogP contribution in [0.3, 0.4) is 0 Å². The quantitative estimate of drug-likeness (QED) is 0.520. The van der Waals surface area contributed by atoms with Gasteiger partial charge in [0, 0.05) is 0 Å². The van der Waals surface area contributed by atoms with Crippen molar-refractivity contribution in [2.75, 3.05) is 0 Å². The van der Waals surface area contributed by atoms with Crippen molar-refractivity contribution in [1.29, 1.82) is 0 Å². The Labute approximate surface area is 99.8 Å². The summed E-state index contributed by atoms with van der Waals surface area (Å²) >= 11 is 0. The Balaban J connectivity index is 2.17. The third kappa shape index (κ3) is 1.06. The Kier molecular flexibility index (Phi) is 1.88. The van der Waals surface area contributed by atoms with Crippen LogP contribution < -0.4 is 0 Å². The molecule has 3 aliphatic carbocycles. The van der Waals surface area contributed by atoms with Crippen LogP contribution in [-0.2, 0) is 0 Å². The number of allylic oxidation sites excluding steroid dienone is 3. The smallest absolute Gasteiger partial charge is 0.00478 e. The highest BCUT2D eigenvalue weighted by Crippen LogP contribution is 2.69. The molecular formula is C16H24. The summed E-state index contributed by atoms with van der Waals surface area (Å²) in [6, 6.07) is 0. The van der Waals surface area contributed by atoms with Crippen LogP contribution in [0.5, 0.6) is 0 Å². The summed E-state index contributed by atoms with van der Waals surface area (Å²) in [5.41, 5.74) is 3.96. The Hall–Kier alpha value is -0.520. The number of hydrogen-bond donors (Lipinski definition) is 0. The molecule has 0 aromatic rings. The van der Waals surface area contributed by atoms with Gasteiger partial charge in [-0.3, -0.25) is 0 Å². The second-order valence-electron chi connectivity index (χ2n) is 7.25. The molecule has 0 aliphatic heterocycles. The molecule has 3 rings (SSSR count). The zero-order valence-electron chi connectivity index (χ0n) is 11.1. The lowest BCUT2D eigenvalue weighted by Gasteiger charge is -2.36. The molecule has 2 unspecified atom stereocenters. The van der Waals surface area contributed by atoms with E-state index in [1.165, 1.54) is 19.3 Å². The van der Waals surface area contributed by atoms with E-state index in [-0.39, 0.29) is 0 Å². The maximum absolute atomic E-state index is 4.47. The molecule has 0 amide bonds. The van der Waals surface area contributed by atoms with E-state index in [0.29, 0.717) is 10.8 Å². The molecule has 16 heavy (non-hydrogen) atoms. The zero-order valence-corrected chi connectivity index (χ0v) is 11.1. The van der Waals surface area contributed by atoms with Crippen LogP contribution in [0, 0.1) is 28.6 Å². The average molecular weight is 216 g/mol. The predicted octanol–water partition coefficient (Wildman–Crippen LogP) is 4.58. The minimum Gasteiger partial charge on any atom is -0.0990 e. The first kappa shape index (κ1) is 10.6. The first-order valence-electron chi connectivity index (χ1n) is 6.74. The van der Waals surface area contributed by atoms with Crippen molar-refractivity contribution in [3.63, 3.8) is 0 Å². The van der Waals surface area contributed by atoms with Crippen molar-refractivity contribution in [1.82, 2.24) is 0 Å². The molecule has 88 valence electrons. The second kappa shape index (κ2) is 2.83. The topological polar surface area (TPSA) is 0 Å². The molecule has 0 saturated heterocycles. The first-order chi connectivity index (χ1) is 7.36. The first-order valence-corrected chi connectivity index (χ1v) is 6.74. The molecular weight excluding hydrogens is 192 g/mol. The SMILES string of the molecule is C=C1[C@@H]2CCC3C2C(C)(C)C=C(C)C[C@]13C. The minimum absolute atomic E-state index is 0.382. The van der Waals surface area contributed by atoms with Gasteiger partial charge in [-0.05, 0) is 54.8 Å². The third-order valence-electron chi connectivity index (χ3n) is 5.78. The van der Waals surface area contributed by atoms with Crippen molar-refractivity contribution in [2.45, 2.75) is 47.0 Å². The van der Waals surface area contributed by atoms with Crippen LogP contribution in [0.15, 0.2) is 23.8 Å². The summed E-state index contributed by atoms with van der Waals surface area (Å²) in [7, 11) is 0. The fourth-order valence-corrected chi connectivity index (χ4v) is 5.41. The third-order valence-corrected chi connectivity index (χ3v) is 5.78. The van der Waals surface area contributed by atoms with Gasteiger partial charge in [-0.1, -0.05) is 44.6 Å². The van der Waals surface area contributed by atoms with Crippen molar-refractivity contribution in [3.8, 4) is 0 Å². The molecule has 0 nitrogen and oxygen atoms in total. The standard InChI is InChI=1S/C16H24/c1-10-8-15(3,4)14-12-6-7-13(14)16(5,9-10)11(12)2/h8,12-14H,2,6-7,9H2,1,3-5H3/t12-,13?,14?,16+/m0/s1.